The van der Waals surface area contributed by atoms with Crippen molar-refractivity contribution in [3.05, 3.63) is 48.5 Å². The maximum Gasteiger partial charge on any atom is 0 e. The number of benzene rings is 2. The van der Waals surface area contributed by atoms with Crippen molar-refractivity contribution in [3.8, 4) is 0 Å². The average molecular weight is 824 g/mol. The van der Waals surface area contributed by atoms with Crippen LogP contribution in [0.1, 0.15) is 0 Å². The Kier molecular flexibility index (Phi) is 30.6. The molecular formula is C24H42As4O2S2Tc-2. The van der Waals surface area contributed by atoms with Crippen molar-refractivity contribution in [2.45, 2.75) is 45.7 Å². The molecule has 0 aliphatic carbocycles. The number of hydrogen-bond donors (Lipinski definition) is 0. The van der Waals surface area contributed by atoms with Crippen LogP contribution in [0.4, 0.5) is 0 Å². The smallest absolute Gasteiger partial charge is 0 e. The molecule has 0 heterocycles. The van der Waals surface area contributed by atoms with Crippen molar-refractivity contribution >= 4 is 101 Å². The van der Waals surface area contributed by atoms with E-state index in [2.05, 4.69) is 129 Å². The summed E-state index contributed by atoms with van der Waals surface area (Å²) in [5, 5.41) is 0. The average Bonchev–Trinajstić information content (AvgIpc) is 2.79. The molecule has 0 aliphatic rings. The summed E-state index contributed by atoms with van der Waals surface area (Å²) < 4.78 is 15.5. The van der Waals surface area contributed by atoms with Crippen LogP contribution in [-0.4, -0.2) is 84.7 Å². The molecule has 1 radical (unpaired) electrons. The van der Waals surface area contributed by atoms with E-state index in [1.807, 2.05) is 0 Å². The van der Waals surface area contributed by atoms with Crippen molar-refractivity contribution in [1.29, 1.82) is 0 Å². The van der Waals surface area contributed by atoms with Gasteiger partial charge in [-0.05, 0) is 0 Å². The molecular weight excluding hydrogens is 782 g/mol. The molecule has 0 unspecified atom stereocenters. The summed E-state index contributed by atoms with van der Waals surface area (Å²) in [7, 11) is 3.15. The number of rotatable bonds is 6. The van der Waals surface area contributed by atoms with Crippen molar-refractivity contribution in [3.63, 3.8) is 0 Å². The number of hydrogen-bond acceptors (Lipinski definition) is 4. The summed E-state index contributed by atoms with van der Waals surface area (Å²) in [6.07, 6.45) is 0. The molecule has 191 valence electrons. The first kappa shape index (κ1) is 39.5. The van der Waals surface area contributed by atoms with Crippen LogP contribution in [0.5, 0.6) is 0 Å². The molecule has 2 rings (SSSR count). The minimum Gasteiger partial charge on any atom is 0 e. The third-order valence-electron chi connectivity index (χ3n) is 3.93. The van der Waals surface area contributed by atoms with Gasteiger partial charge in [-0.15, -0.1) is 0 Å². The van der Waals surface area contributed by atoms with Crippen molar-refractivity contribution < 1.29 is 29.6 Å². The van der Waals surface area contributed by atoms with Gasteiger partial charge < -0.3 is 34.7 Å². The van der Waals surface area contributed by atoms with E-state index in [0.29, 0.717) is 11.9 Å². The van der Waals surface area contributed by atoms with Crippen molar-refractivity contribution in [2.75, 3.05) is 26.1 Å². The van der Waals surface area contributed by atoms with Gasteiger partial charge in [0.1, 0.15) is 0 Å². The summed E-state index contributed by atoms with van der Waals surface area (Å²) in [5.74, 6) is 0.806. The Morgan fingerprint density at radius 3 is 0.758 bits per heavy atom. The Morgan fingerprint density at radius 2 is 0.667 bits per heavy atom. The minimum atomic E-state index is -0.651. The molecule has 2 aromatic rings. The first-order valence-corrected chi connectivity index (χ1v) is 30.0. The Bertz CT molecular complexity index is 588. The Balaban J connectivity index is -0.000000405. The maximum absolute atomic E-state index is 4.36. The van der Waals surface area contributed by atoms with Gasteiger partial charge >= 0.3 is 170 Å². The van der Waals surface area contributed by atoms with Gasteiger partial charge in [0, 0.05) is 34.3 Å². The molecule has 0 spiro atoms. The topological polar surface area (TPSA) is 18.5 Å². The van der Waals surface area contributed by atoms with Crippen LogP contribution in [0, 0.1) is 0 Å². The van der Waals surface area contributed by atoms with E-state index in [1.54, 1.807) is 31.6 Å². The minimum absolute atomic E-state index is 0. The molecule has 2 nitrogen and oxygen atoms in total. The molecule has 0 saturated carbocycles. The van der Waals surface area contributed by atoms with Crippen LogP contribution in [0.2, 0.25) is 45.7 Å². The van der Waals surface area contributed by atoms with Crippen LogP contribution in [0.25, 0.3) is 0 Å². The van der Waals surface area contributed by atoms with E-state index in [1.165, 1.54) is 0 Å². The molecule has 0 fully saturated rings. The third kappa shape index (κ3) is 19.7. The Morgan fingerprint density at radius 1 is 0.515 bits per heavy atom. The van der Waals surface area contributed by atoms with Gasteiger partial charge in [-0.2, -0.15) is 0 Å². The largest absolute Gasteiger partial charge is 0 e. The fourth-order valence-electron chi connectivity index (χ4n) is 2.44. The molecule has 0 N–H and O–H groups in total. The molecule has 2 aromatic carbocycles. The Hall–Kier alpha value is 1.94. The SMILES string of the molecule is COC[S-].COC[S-].C[As](C)c1ccccc1[As](C)C.C[As](C)c1ccccc1[As](C)C.[Tc]. The molecule has 0 amide bonds. The van der Waals surface area contributed by atoms with Gasteiger partial charge in [0.05, 0.1) is 0 Å². The maximum atomic E-state index is 4.36. The first-order valence-electron chi connectivity index (χ1n) is 10.1. The predicted molar refractivity (Wildman–Crippen MR) is 160 cm³/mol. The van der Waals surface area contributed by atoms with Crippen LogP contribution in [0.3, 0.4) is 0 Å². The molecule has 0 saturated heterocycles. The van der Waals surface area contributed by atoms with E-state index >= 15 is 0 Å². The second-order valence-electron chi connectivity index (χ2n) is 7.37. The van der Waals surface area contributed by atoms with Crippen LogP contribution in [-0.2, 0) is 54.8 Å². The monoisotopic (exact) mass is 823 g/mol. The summed E-state index contributed by atoms with van der Waals surface area (Å²) >= 11 is 6.06. The van der Waals surface area contributed by atoms with Crippen molar-refractivity contribution in [2.24, 2.45) is 0 Å². The van der Waals surface area contributed by atoms with Crippen LogP contribution < -0.4 is 17.4 Å². The van der Waals surface area contributed by atoms with Gasteiger partial charge in [0.2, 0.25) is 0 Å². The number of ether oxygens (including phenoxy) is 2. The Labute approximate surface area is 248 Å². The van der Waals surface area contributed by atoms with Gasteiger partial charge in [0.25, 0.3) is 0 Å². The van der Waals surface area contributed by atoms with Gasteiger partial charge in [-0.3, -0.25) is 0 Å². The second-order valence-corrected chi connectivity index (χ2v) is 26.9. The van der Waals surface area contributed by atoms with Crippen LogP contribution in [0.15, 0.2) is 48.5 Å². The number of methoxy groups -OCH3 is 2. The zero-order chi connectivity index (χ0) is 25.1. The normalized spacial score (nSPS) is 9.94. The fourth-order valence-corrected chi connectivity index (χ4v) is 18.9. The van der Waals surface area contributed by atoms with Gasteiger partial charge in [-0.1, -0.05) is 11.9 Å². The second kappa shape index (κ2) is 25.6. The third-order valence-corrected chi connectivity index (χ3v) is 17.4. The predicted octanol–water partition coefficient (Wildman–Crippen LogP) is 3.49. The first-order chi connectivity index (χ1) is 15.1. The molecule has 0 atom stereocenters. The standard InChI is InChI=1S/2C10H16As2.2C2H6OS.Tc/c2*1-11(2)9-7-5-6-8-10(9)12(3)4;2*1-3-2-4;/h2*5-8H,1-4H3;2*4H,2H2,1H3;/p-2. The van der Waals surface area contributed by atoms with E-state index in [0.717, 1.165) is 0 Å². The van der Waals surface area contributed by atoms with E-state index in [4.69, 9.17) is 0 Å². The van der Waals surface area contributed by atoms with E-state index in [-0.39, 0.29) is 20.1 Å². The molecule has 0 bridgehead atoms. The summed E-state index contributed by atoms with van der Waals surface area (Å²) in [6.45, 7) is 0. The van der Waals surface area contributed by atoms with E-state index in [9.17, 15) is 0 Å². The quantitative estimate of drug-likeness (QED) is 0.329. The summed E-state index contributed by atoms with van der Waals surface area (Å²) in [6, 6.07) is 18.1. The zero-order valence-corrected chi connectivity index (χ0v) is 32.8. The van der Waals surface area contributed by atoms with Crippen molar-refractivity contribution in [1.82, 2.24) is 0 Å². The van der Waals surface area contributed by atoms with Crippen LogP contribution >= 0.6 is 0 Å². The van der Waals surface area contributed by atoms with E-state index < -0.39 is 58.6 Å². The van der Waals surface area contributed by atoms with Gasteiger partial charge in [0.15, 0.2) is 0 Å². The molecule has 0 aliphatic heterocycles. The fraction of sp³-hybridized carbons (Fsp3) is 0.500. The molecule has 33 heavy (non-hydrogen) atoms. The summed E-state index contributed by atoms with van der Waals surface area (Å²) in [5.41, 5.74) is 19.4. The molecule has 9 heteroatoms. The zero-order valence-electron chi connectivity index (χ0n) is 21.8. The summed E-state index contributed by atoms with van der Waals surface area (Å²) in [4.78, 5) is 0. The molecule has 0 aromatic heterocycles. The van der Waals surface area contributed by atoms with Gasteiger partial charge in [-0.25, -0.2) is 0 Å².